The summed E-state index contributed by atoms with van der Waals surface area (Å²) >= 11 is 5.31. The second-order valence-corrected chi connectivity index (χ2v) is 9.82. The number of aryl methyl sites for hydroxylation is 1. The first-order valence-electron chi connectivity index (χ1n) is 10.0. The average Bonchev–Trinajstić information content (AvgIpc) is 3.14. The van der Waals surface area contributed by atoms with Gasteiger partial charge in [-0.3, -0.25) is 14.5 Å². The minimum Gasteiger partial charge on any atom is -0.338 e. The fraction of sp³-hybridized carbons (Fsp3) is 0.286. The lowest BCUT2D eigenvalue weighted by atomic mass is 10.1. The van der Waals surface area contributed by atoms with Crippen molar-refractivity contribution in [3.8, 4) is 11.4 Å². The molecule has 4 rings (SSSR count). The fourth-order valence-electron chi connectivity index (χ4n) is 3.68. The van der Waals surface area contributed by atoms with Gasteiger partial charge in [0.2, 0.25) is 15.9 Å². The van der Waals surface area contributed by atoms with Gasteiger partial charge in [0.1, 0.15) is 17.3 Å². The van der Waals surface area contributed by atoms with Gasteiger partial charge in [-0.15, -0.1) is 0 Å². The van der Waals surface area contributed by atoms with Crippen LogP contribution >= 0.6 is 12.2 Å². The molecule has 1 amide bonds. The predicted octanol–water partition coefficient (Wildman–Crippen LogP) is 2.59. The molecule has 0 radical (unpaired) electrons. The van der Waals surface area contributed by atoms with Crippen LogP contribution in [0.1, 0.15) is 5.56 Å². The summed E-state index contributed by atoms with van der Waals surface area (Å²) in [5.41, 5.74) is 1.90. The van der Waals surface area contributed by atoms with Crippen molar-refractivity contribution in [2.45, 2.75) is 18.4 Å². The number of piperazine rings is 1. The number of benzene rings is 2. The van der Waals surface area contributed by atoms with Crippen LogP contribution in [-0.4, -0.2) is 64.5 Å². The fourth-order valence-corrected chi connectivity index (χ4v) is 5.36. The van der Waals surface area contributed by atoms with Gasteiger partial charge in [0.25, 0.3) is 0 Å². The number of nitrogens with zero attached hydrogens (tertiary/aromatic N) is 4. The van der Waals surface area contributed by atoms with Crippen LogP contribution in [0.5, 0.6) is 0 Å². The van der Waals surface area contributed by atoms with Crippen molar-refractivity contribution in [3.05, 3.63) is 64.7 Å². The number of halogens is 1. The van der Waals surface area contributed by atoms with E-state index in [2.05, 4.69) is 10.2 Å². The largest absolute Gasteiger partial charge is 0.338 e. The zero-order chi connectivity index (χ0) is 22.9. The van der Waals surface area contributed by atoms with E-state index in [1.165, 1.54) is 22.5 Å². The number of hydrogen-bond acceptors (Lipinski definition) is 5. The second kappa shape index (κ2) is 8.93. The Morgan fingerprint density at radius 2 is 1.84 bits per heavy atom. The molecule has 3 aromatic rings. The van der Waals surface area contributed by atoms with Crippen LogP contribution in [0.2, 0.25) is 0 Å². The average molecular weight is 476 g/mol. The molecule has 1 N–H and O–H groups in total. The summed E-state index contributed by atoms with van der Waals surface area (Å²) in [5.74, 6) is -0.420. The van der Waals surface area contributed by atoms with E-state index in [4.69, 9.17) is 12.2 Å². The van der Waals surface area contributed by atoms with Crippen LogP contribution in [0, 0.1) is 17.5 Å². The van der Waals surface area contributed by atoms with Crippen LogP contribution in [0.15, 0.2) is 53.4 Å². The molecule has 1 aliphatic heterocycles. The van der Waals surface area contributed by atoms with E-state index in [9.17, 15) is 17.6 Å². The number of amides is 1. The summed E-state index contributed by atoms with van der Waals surface area (Å²) in [6, 6.07) is 13.0. The number of aromatic nitrogens is 3. The Balaban J connectivity index is 1.46. The lowest BCUT2D eigenvalue weighted by Crippen LogP contribution is -2.51. The molecule has 0 unspecified atom stereocenters. The molecule has 0 atom stereocenters. The molecule has 1 aliphatic rings. The number of H-pyrrole nitrogens is 1. The number of rotatable bonds is 5. The molecule has 11 heteroatoms. The van der Waals surface area contributed by atoms with E-state index in [0.29, 0.717) is 10.6 Å². The normalized spacial score (nSPS) is 15.1. The standard InChI is InChI=1S/C21H22FN5O3S2/c1-15-5-4-6-16(13-15)20-23-24-21(31)27(20)14-19(28)25-9-11-26(12-10-25)32(29,30)18-8-3-2-7-17(18)22/h2-8,13H,9-12,14H2,1H3,(H,24,31). The van der Waals surface area contributed by atoms with Gasteiger partial charge in [0.15, 0.2) is 10.6 Å². The van der Waals surface area contributed by atoms with Gasteiger partial charge in [-0.05, 0) is 37.3 Å². The number of aromatic amines is 1. The monoisotopic (exact) mass is 475 g/mol. The van der Waals surface area contributed by atoms with Gasteiger partial charge in [-0.1, -0.05) is 35.9 Å². The highest BCUT2D eigenvalue weighted by molar-refractivity contribution is 7.89. The number of carbonyl (C=O) groups is 1. The Hall–Kier alpha value is -2.89. The molecular formula is C21H22FN5O3S2. The highest BCUT2D eigenvalue weighted by atomic mass is 32.2. The van der Waals surface area contributed by atoms with Crippen molar-refractivity contribution in [1.82, 2.24) is 24.0 Å². The molecule has 1 saturated heterocycles. The molecule has 0 saturated carbocycles. The second-order valence-electron chi connectivity index (χ2n) is 7.52. The topological polar surface area (TPSA) is 91.3 Å². The summed E-state index contributed by atoms with van der Waals surface area (Å²) in [4.78, 5) is 14.2. The van der Waals surface area contributed by atoms with Crippen molar-refractivity contribution in [2.24, 2.45) is 0 Å². The summed E-state index contributed by atoms with van der Waals surface area (Å²) in [6.07, 6.45) is 0. The Morgan fingerprint density at radius 1 is 1.12 bits per heavy atom. The number of carbonyl (C=O) groups excluding carboxylic acids is 1. The van der Waals surface area contributed by atoms with Crippen molar-refractivity contribution in [2.75, 3.05) is 26.2 Å². The Kier molecular flexibility index (Phi) is 6.22. The molecular weight excluding hydrogens is 453 g/mol. The van der Waals surface area contributed by atoms with E-state index in [0.717, 1.165) is 17.2 Å². The van der Waals surface area contributed by atoms with E-state index < -0.39 is 15.8 Å². The van der Waals surface area contributed by atoms with Crippen LogP contribution in [-0.2, 0) is 21.4 Å². The zero-order valence-corrected chi connectivity index (χ0v) is 19.0. The van der Waals surface area contributed by atoms with Gasteiger partial charge < -0.3 is 4.90 Å². The molecule has 8 nitrogen and oxygen atoms in total. The summed E-state index contributed by atoms with van der Waals surface area (Å²) in [5, 5.41) is 7.00. The molecule has 2 aromatic carbocycles. The van der Waals surface area contributed by atoms with Gasteiger partial charge in [-0.25, -0.2) is 12.8 Å². The van der Waals surface area contributed by atoms with Gasteiger partial charge in [-0.2, -0.15) is 9.40 Å². The number of sulfonamides is 1. The maximum Gasteiger partial charge on any atom is 0.246 e. The minimum atomic E-state index is -3.96. The van der Waals surface area contributed by atoms with Crippen molar-refractivity contribution in [1.29, 1.82) is 0 Å². The molecule has 168 valence electrons. The molecule has 0 aliphatic carbocycles. The summed E-state index contributed by atoms with van der Waals surface area (Å²) < 4.78 is 42.7. The molecule has 0 bridgehead atoms. The molecule has 2 heterocycles. The Labute approximate surface area is 190 Å². The smallest absolute Gasteiger partial charge is 0.246 e. The highest BCUT2D eigenvalue weighted by Gasteiger charge is 2.32. The van der Waals surface area contributed by atoms with Gasteiger partial charge in [0.05, 0.1) is 0 Å². The van der Waals surface area contributed by atoms with Crippen LogP contribution in [0.25, 0.3) is 11.4 Å². The first-order valence-corrected chi connectivity index (χ1v) is 11.9. The maximum atomic E-state index is 14.0. The van der Waals surface area contributed by atoms with E-state index in [1.807, 2.05) is 31.2 Å². The van der Waals surface area contributed by atoms with Crippen LogP contribution in [0.4, 0.5) is 4.39 Å². The number of hydrogen-bond donors (Lipinski definition) is 1. The molecule has 32 heavy (non-hydrogen) atoms. The summed E-state index contributed by atoms with van der Waals surface area (Å²) in [7, 11) is -3.96. The summed E-state index contributed by atoms with van der Waals surface area (Å²) in [6.45, 7) is 2.54. The quantitative estimate of drug-likeness (QED) is 0.573. The third kappa shape index (κ3) is 4.36. The van der Waals surface area contributed by atoms with E-state index >= 15 is 0 Å². The van der Waals surface area contributed by atoms with Crippen molar-refractivity contribution in [3.63, 3.8) is 0 Å². The molecule has 1 aromatic heterocycles. The Bertz CT molecular complexity index is 1310. The Morgan fingerprint density at radius 3 is 2.53 bits per heavy atom. The third-order valence-corrected chi connectivity index (χ3v) is 7.62. The van der Waals surface area contributed by atoms with E-state index in [1.54, 1.807) is 9.47 Å². The van der Waals surface area contributed by atoms with Crippen molar-refractivity contribution < 1.29 is 17.6 Å². The van der Waals surface area contributed by atoms with E-state index in [-0.39, 0.29) is 43.5 Å². The van der Waals surface area contributed by atoms with Crippen molar-refractivity contribution >= 4 is 28.1 Å². The van der Waals surface area contributed by atoms with Crippen LogP contribution in [0.3, 0.4) is 0 Å². The molecule has 0 spiro atoms. The predicted molar refractivity (Wildman–Crippen MR) is 119 cm³/mol. The van der Waals surface area contributed by atoms with Gasteiger partial charge >= 0.3 is 0 Å². The first kappa shape index (κ1) is 22.3. The lowest BCUT2D eigenvalue weighted by molar-refractivity contribution is -0.133. The van der Waals surface area contributed by atoms with Crippen LogP contribution < -0.4 is 0 Å². The minimum absolute atomic E-state index is 0.0152. The SMILES string of the molecule is Cc1cccc(-c2n[nH]c(=S)n2CC(=O)N2CCN(S(=O)(=O)c3ccccc3F)CC2)c1. The molecule has 1 fully saturated rings. The zero-order valence-electron chi connectivity index (χ0n) is 17.4. The van der Waals surface area contributed by atoms with Gasteiger partial charge in [0, 0.05) is 31.7 Å². The third-order valence-electron chi connectivity index (χ3n) is 5.37. The number of nitrogens with one attached hydrogen (secondary N) is 1. The highest BCUT2D eigenvalue weighted by Crippen LogP contribution is 2.21. The first-order chi connectivity index (χ1) is 15.3. The maximum absolute atomic E-state index is 14.0. The lowest BCUT2D eigenvalue weighted by Gasteiger charge is -2.34.